The van der Waals surface area contributed by atoms with Gasteiger partial charge < -0.3 is 19.5 Å². The van der Waals surface area contributed by atoms with Crippen molar-refractivity contribution in [2.45, 2.75) is 25.8 Å². The van der Waals surface area contributed by atoms with Crippen molar-refractivity contribution in [1.82, 2.24) is 9.97 Å². The SMILES string of the molecule is COc1ccc(-c2c(C)sc3nc(Cl)nc(N4CCCC4C(=O)O)c23)cc1OC. The summed E-state index contributed by atoms with van der Waals surface area (Å²) in [5, 5.41) is 10.6. The number of carboxylic acids is 1. The van der Waals surface area contributed by atoms with E-state index in [1.807, 2.05) is 30.0 Å². The average molecular weight is 434 g/mol. The summed E-state index contributed by atoms with van der Waals surface area (Å²) in [5.74, 6) is 0.965. The Bertz CT molecular complexity index is 1100. The van der Waals surface area contributed by atoms with Crippen LogP contribution in [0.5, 0.6) is 11.5 Å². The van der Waals surface area contributed by atoms with Gasteiger partial charge >= 0.3 is 5.97 Å². The Hall–Kier alpha value is -2.58. The number of hydrogen-bond acceptors (Lipinski definition) is 7. The Morgan fingerprint density at radius 3 is 2.72 bits per heavy atom. The lowest BCUT2D eigenvalue weighted by Gasteiger charge is -2.23. The fraction of sp³-hybridized carbons (Fsp3) is 0.350. The molecule has 1 aromatic carbocycles. The van der Waals surface area contributed by atoms with Gasteiger partial charge in [-0.25, -0.2) is 9.78 Å². The van der Waals surface area contributed by atoms with E-state index in [4.69, 9.17) is 21.1 Å². The monoisotopic (exact) mass is 433 g/mol. The van der Waals surface area contributed by atoms with E-state index in [0.717, 1.165) is 32.6 Å². The first kappa shape index (κ1) is 19.7. The minimum absolute atomic E-state index is 0.114. The van der Waals surface area contributed by atoms with Gasteiger partial charge in [0.25, 0.3) is 0 Å². The number of ether oxygens (including phenoxy) is 2. The van der Waals surface area contributed by atoms with E-state index in [-0.39, 0.29) is 5.28 Å². The zero-order chi connectivity index (χ0) is 20.7. The first-order chi connectivity index (χ1) is 13.9. The molecule has 29 heavy (non-hydrogen) atoms. The molecule has 0 aliphatic carbocycles. The zero-order valence-electron chi connectivity index (χ0n) is 16.2. The molecular formula is C20H20ClN3O4S. The molecule has 1 aliphatic heterocycles. The normalized spacial score (nSPS) is 16.4. The van der Waals surface area contributed by atoms with Crippen LogP contribution in [-0.2, 0) is 4.79 Å². The summed E-state index contributed by atoms with van der Waals surface area (Å²) in [7, 11) is 3.19. The molecule has 1 unspecified atom stereocenters. The molecule has 152 valence electrons. The molecule has 1 saturated heterocycles. The molecule has 4 rings (SSSR count). The van der Waals surface area contributed by atoms with Crippen LogP contribution in [0.25, 0.3) is 21.3 Å². The molecule has 0 amide bonds. The molecule has 2 aromatic heterocycles. The summed E-state index contributed by atoms with van der Waals surface area (Å²) in [6, 6.07) is 5.09. The van der Waals surface area contributed by atoms with Crippen molar-refractivity contribution >= 4 is 44.9 Å². The second kappa shape index (κ2) is 7.68. The van der Waals surface area contributed by atoms with Crippen LogP contribution in [0.15, 0.2) is 18.2 Å². The predicted octanol–water partition coefficient (Wildman–Crippen LogP) is 4.39. The van der Waals surface area contributed by atoms with Crippen LogP contribution in [0.1, 0.15) is 17.7 Å². The Morgan fingerprint density at radius 2 is 2.03 bits per heavy atom. The molecule has 1 aliphatic rings. The standard InChI is InChI=1S/C20H20ClN3O4S/c1-10-15(11-6-7-13(27-2)14(9-11)28-3)16-17(22-20(21)23-18(16)29-10)24-8-4-5-12(24)19(25)26/h6-7,9,12H,4-5,8H2,1-3H3,(H,25,26). The Balaban J connectivity index is 1.97. The third-order valence-corrected chi connectivity index (χ3v) is 6.33. The minimum atomic E-state index is -0.856. The van der Waals surface area contributed by atoms with Crippen LogP contribution in [0.2, 0.25) is 5.28 Å². The lowest BCUT2D eigenvalue weighted by molar-refractivity contribution is -0.138. The first-order valence-electron chi connectivity index (χ1n) is 9.13. The highest BCUT2D eigenvalue weighted by Crippen LogP contribution is 2.45. The van der Waals surface area contributed by atoms with Gasteiger partial charge in [-0.2, -0.15) is 4.98 Å². The highest BCUT2D eigenvalue weighted by molar-refractivity contribution is 7.19. The number of carbonyl (C=O) groups is 1. The van der Waals surface area contributed by atoms with Gasteiger partial charge in [0.15, 0.2) is 11.5 Å². The number of rotatable bonds is 5. The number of hydrogen-bond donors (Lipinski definition) is 1. The molecule has 3 aromatic rings. The van der Waals surface area contributed by atoms with Crippen molar-refractivity contribution in [2.75, 3.05) is 25.7 Å². The third-order valence-electron chi connectivity index (χ3n) is 5.16. The molecule has 3 heterocycles. The highest BCUT2D eigenvalue weighted by atomic mass is 35.5. The van der Waals surface area contributed by atoms with E-state index in [1.54, 1.807) is 14.2 Å². The van der Waals surface area contributed by atoms with Gasteiger partial charge in [0.05, 0.1) is 19.6 Å². The lowest BCUT2D eigenvalue weighted by Crippen LogP contribution is -2.36. The maximum absolute atomic E-state index is 11.8. The van der Waals surface area contributed by atoms with Gasteiger partial charge in [-0.05, 0) is 49.1 Å². The number of anilines is 1. The topological polar surface area (TPSA) is 84.8 Å². The molecular weight excluding hydrogens is 414 g/mol. The van der Waals surface area contributed by atoms with E-state index < -0.39 is 12.0 Å². The van der Waals surface area contributed by atoms with Crippen LogP contribution in [0, 0.1) is 6.92 Å². The molecule has 9 heteroatoms. The molecule has 1 atom stereocenters. The van der Waals surface area contributed by atoms with Crippen LogP contribution >= 0.6 is 22.9 Å². The number of benzene rings is 1. The number of methoxy groups -OCH3 is 2. The second-order valence-corrected chi connectivity index (χ2v) is 8.33. The van der Waals surface area contributed by atoms with Gasteiger partial charge in [0, 0.05) is 17.0 Å². The molecule has 1 N–H and O–H groups in total. The van der Waals surface area contributed by atoms with Gasteiger partial charge in [-0.15, -0.1) is 11.3 Å². The number of aliphatic carboxylic acids is 1. The van der Waals surface area contributed by atoms with Crippen molar-refractivity contribution in [3.63, 3.8) is 0 Å². The number of nitrogens with zero attached hydrogens (tertiary/aromatic N) is 3. The predicted molar refractivity (Wildman–Crippen MR) is 114 cm³/mol. The fourth-order valence-electron chi connectivity index (χ4n) is 3.89. The molecule has 0 saturated carbocycles. The van der Waals surface area contributed by atoms with Crippen molar-refractivity contribution in [3.8, 4) is 22.6 Å². The van der Waals surface area contributed by atoms with E-state index in [1.165, 1.54) is 11.3 Å². The van der Waals surface area contributed by atoms with Crippen LogP contribution in [-0.4, -0.2) is 47.8 Å². The van der Waals surface area contributed by atoms with E-state index in [0.29, 0.717) is 30.3 Å². The number of aryl methyl sites for hydroxylation is 1. The number of fused-ring (bicyclic) bond motifs is 1. The van der Waals surface area contributed by atoms with Gasteiger partial charge in [0.2, 0.25) is 5.28 Å². The summed E-state index contributed by atoms with van der Waals surface area (Å²) in [6.07, 6.45) is 1.36. The van der Waals surface area contributed by atoms with Crippen LogP contribution in [0.4, 0.5) is 5.82 Å². The molecule has 1 fully saturated rings. The summed E-state index contributed by atoms with van der Waals surface area (Å²) in [6.45, 7) is 2.62. The van der Waals surface area contributed by atoms with Crippen LogP contribution in [0.3, 0.4) is 0 Å². The molecule has 0 radical (unpaired) electrons. The third kappa shape index (κ3) is 3.36. The summed E-state index contributed by atoms with van der Waals surface area (Å²) >= 11 is 7.71. The molecule has 0 bridgehead atoms. The number of thiophene rings is 1. The summed E-state index contributed by atoms with van der Waals surface area (Å²) in [5.41, 5.74) is 1.87. The summed E-state index contributed by atoms with van der Waals surface area (Å²) in [4.78, 5) is 24.2. The Morgan fingerprint density at radius 1 is 1.28 bits per heavy atom. The van der Waals surface area contributed by atoms with Crippen molar-refractivity contribution in [1.29, 1.82) is 0 Å². The second-order valence-electron chi connectivity index (χ2n) is 6.79. The Kier molecular flexibility index (Phi) is 5.23. The fourth-order valence-corrected chi connectivity index (χ4v) is 5.15. The van der Waals surface area contributed by atoms with Gasteiger partial charge in [-0.1, -0.05) is 6.07 Å². The largest absolute Gasteiger partial charge is 0.493 e. The first-order valence-corrected chi connectivity index (χ1v) is 10.3. The number of carboxylic acid groups (broad SMARTS) is 1. The summed E-state index contributed by atoms with van der Waals surface area (Å²) < 4.78 is 10.8. The maximum Gasteiger partial charge on any atom is 0.326 e. The van der Waals surface area contributed by atoms with Gasteiger partial charge in [0.1, 0.15) is 16.7 Å². The van der Waals surface area contributed by atoms with Crippen molar-refractivity contribution in [2.24, 2.45) is 0 Å². The smallest absolute Gasteiger partial charge is 0.326 e. The van der Waals surface area contributed by atoms with E-state index in [9.17, 15) is 9.90 Å². The molecule has 0 spiro atoms. The average Bonchev–Trinajstić information content (AvgIpc) is 3.31. The van der Waals surface area contributed by atoms with Gasteiger partial charge in [-0.3, -0.25) is 0 Å². The minimum Gasteiger partial charge on any atom is -0.493 e. The van der Waals surface area contributed by atoms with E-state index in [2.05, 4.69) is 9.97 Å². The van der Waals surface area contributed by atoms with E-state index >= 15 is 0 Å². The Labute approximate surface area is 176 Å². The molecule has 7 nitrogen and oxygen atoms in total. The lowest BCUT2D eigenvalue weighted by atomic mass is 10.0. The van der Waals surface area contributed by atoms with Crippen molar-refractivity contribution < 1.29 is 19.4 Å². The number of aromatic nitrogens is 2. The van der Waals surface area contributed by atoms with Crippen molar-refractivity contribution in [3.05, 3.63) is 28.4 Å². The maximum atomic E-state index is 11.8. The quantitative estimate of drug-likeness (QED) is 0.597. The zero-order valence-corrected chi connectivity index (χ0v) is 17.8. The highest BCUT2D eigenvalue weighted by Gasteiger charge is 2.34. The number of halogens is 1. The van der Waals surface area contributed by atoms with Crippen LogP contribution < -0.4 is 14.4 Å².